The van der Waals surface area contributed by atoms with Gasteiger partial charge in [0.15, 0.2) is 0 Å². The fraction of sp³-hybridized carbons (Fsp3) is 0.444. The molecule has 0 bridgehead atoms. The Hall–Kier alpha value is -3.19. The highest BCUT2D eigenvalue weighted by Gasteiger charge is 2.47. The van der Waals surface area contributed by atoms with E-state index in [4.69, 9.17) is 0 Å². The van der Waals surface area contributed by atoms with Crippen LogP contribution in [-0.2, 0) is 16.1 Å². The molecule has 1 saturated heterocycles. The zero-order chi connectivity index (χ0) is 23.7. The van der Waals surface area contributed by atoms with E-state index in [2.05, 4.69) is 41.4 Å². The quantitative estimate of drug-likeness (QED) is 0.719. The molecule has 3 amide bonds. The molecule has 34 heavy (non-hydrogen) atoms. The van der Waals surface area contributed by atoms with E-state index in [-0.39, 0.29) is 30.3 Å². The van der Waals surface area contributed by atoms with Crippen molar-refractivity contribution >= 4 is 17.7 Å². The van der Waals surface area contributed by atoms with Crippen LogP contribution in [-0.4, -0.2) is 71.2 Å². The van der Waals surface area contributed by atoms with Gasteiger partial charge in [0.05, 0.1) is 6.54 Å². The number of fused-ring (bicyclic) bond motifs is 1. The van der Waals surface area contributed by atoms with Crippen LogP contribution in [0.25, 0.3) is 0 Å². The van der Waals surface area contributed by atoms with Gasteiger partial charge in [0, 0.05) is 44.3 Å². The van der Waals surface area contributed by atoms with E-state index < -0.39 is 6.04 Å². The summed E-state index contributed by atoms with van der Waals surface area (Å²) in [5.41, 5.74) is 3.95. The molecule has 1 unspecified atom stereocenters. The van der Waals surface area contributed by atoms with Crippen LogP contribution in [0.2, 0.25) is 0 Å². The summed E-state index contributed by atoms with van der Waals surface area (Å²) < 4.78 is 0. The van der Waals surface area contributed by atoms with Crippen LogP contribution < -0.4 is 5.32 Å². The maximum absolute atomic E-state index is 13.2. The third-order valence-corrected chi connectivity index (χ3v) is 7.20. The fourth-order valence-electron chi connectivity index (χ4n) is 5.11. The minimum absolute atomic E-state index is 0.0397. The van der Waals surface area contributed by atoms with Crippen molar-refractivity contribution in [3.05, 3.63) is 70.8 Å². The van der Waals surface area contributed by atoms with Gasteiger partial charge in [0.1, 0.15) is 6.04 Å². The SMILES string of the molecule is Cc1ccccc1CN1CCCN(C(=O)CNC(=O)C2c3ccccc3C(=O)N2C2CC2)CC1. The smallest absolute Gasteiger partial charge is 0.255 e. The molecule has 0 radical (unpaired) electrons. The summed E-state index contributed by atoms with van der Waals surface area (Å²) in [7, 11) is 0. The first-order chi connectivity index (χ1) is 16.5. The molecule has 1 N–H and O–H groups in total. The Morgan fingerprint density at radius 2 is 1.74 bits per heavy atom. The van der Waals surface area contributed by atoms with Crippen LogP contribution in [0.15, 0.2) is 48.5 Å². The zero-order valence-corrected chi connectivity index (χ0v) is 19.7. The van der Waals surface area contributed by atoms with Crippen molar-refractivity contribution in [1.82, 2.24) is 20.0 Å². The lowest BCUT2D eigenvalue weighted by atomic mass is 10.0. The summed E-state index contributed by atoms with van der Waals surface area (Å²) in [6.07, 6.45) is 2.76. The van der Waals surface area contributed by atoms with E-state index in [9.17, 15) is 14.4 Å². The maximum Gasteiger partial charge on any atom is 0.255 e. The average molecular weight is 461 g/mol. The second kappa shape index (κ2) is 9.58. The number of rotatable bonds is 6. The van der Waals surface area contributed by atoms with E-state index in [1.54, 1.807) is 11.0 Å². The molecule has 2 fully saturated rings. The van der Waals surface area contributed by atoms with Crippen LogP contribution in [0.3, 0.4) is 0 Å². The molecule has 2 aromatic rings. The monoisotopic (exact) mass is 460 g/mol. The van der Waals surface area contributed by atoms with Crippen molar-refractivity contribution in [2.45, 2.75) is 44.8 Å². The second-order valence-electron chi connectivity index (χ2n) is 9.59. The number of amides is 3. The Kier molecular flexibility index (Phi) is 6.37. The van der Waals surface area contributed by atoms with Gasteiger partial charge >= 0.3 is 0 Å². The summed E-state index contributed by atoms with van der Waals surface area (Å²) in [4.78, 5) is 44.9. The number of hydrogen-bond acceptors (Lipinski definition) is 4. The highest BCUT2D eigenvalue weighted by molar-refractivity contribution is 6.05. The second-order valence-corrected chi connectivity index (χ2v) is 9.59. The van der Waals surface area contributed by atoms with Crippen molar-refractivity contribution in [3.8, 4) is 0 Å². The van der Waals surface area contributed by atoms with E-state index >= 15 is 0 Å². The molecule has 0 spiro atoms. The topological polar surface area (TPSA) is 73.0 Å². The molecule has 1 saturated carbocycles. The van der Waals surface area contributed by atoms with Gasteiger partial charge in [-0.3, -0.25) is 19.3 Å². The van der Waals surface area contributed by atoms with Crippen molar-refractivity contribution in [2.75, 3.05) is 32.7 Å². The zero-order valence-electron chi connectivity index (χ0n) is 19.7. The van der Waals surface area contributed by atoms with E-state index in [1.165, 1.54) is 11.1 Å². The van der Waals surface area contributed by atoms with Crippen LogP contribution in [0.4, 0.5) is 0 Å². The highest BCUT2D eigenvalue weighted by atomic mass is 16.2. The van der Waals surface area contributed by atoms with Crippen LogP contribution in [0.1, 0.15) is 52.4 Å². The number of nitrogens with zero attached hydrogens (tertiary/aromatic N) is 3. The predicted octanol–water partition coefficient (Wildman–Crippen LogP) is 2.51. The van der Waals surface area contributed by atoms with Crippen LogP contribution in [0.5, 0.6) is 0 Å². The van der Waals surface area contributed by atoms with Gasteiger partial charge in [-0.25, -0.2) is 0 Å². The molecule has 0 aromatic heterocycles. The molecular weight excluding hydrogens is 428 g/mol. The Bertz CT molecular complexity index is 1100. The summed E-state index contributed by atoms with van der Waals surface area (Å²) in [6.45, 7) is 6.08. The predicted molar refractivity (Wildman–Crippen MR) is 129 cm³/mol. The van der Waals surface area contributed by atoms with Gasteiger partial charge in [0.2, 0.25) is 11.8 Å². The third-order valence-electron chi connectivity index (χ3n) is 7.20. The molecule has 178 valence electrons. The molecular formula is C27H32N4O3. The lowest BCUT2D eigenvalue weighted by Gasteiger charge is -2.25. The van der Waals surface area contributed by atoms with Crippen molar-refractivity contribution in [1.29, 1.82) is 0 Å². The van der Waals surface area contributed by atoms with E-state index in [0.29, 0.717) is 18.7 Å². The molecule has 3 aliphatic rings. The first-order valence-corrected chi connectivity index (χ1v) is 12.3. The highest BCUT2D eigenvalue weighted by Crippen LogP contribution is 2.41. The number of hydrogen-bond donors (Lipinski definition) is 1. The standard InChI is InChI=1S/C27H32N4O3/c1-19-7-2-3-8-20(19)18-29-13-6-14-30(16-15-29)24(32)17-28-26(33)25-22-9-4-5-10-23(22)27(34)31(25)21-11-12-21/h2-5,7-10,21,25H,6,11-18H2,1H3,(H,28,33). The maximum atomic E-state index is 13.2. The number of benzene rings is 2. The van der Waals surface area contributed by atoms with Crippen molar-refractivity contribution < 1.29 is 14.4 Å². The van der Waals surface area contributed by atoms with Crippen molar-refractivity contribution in [2.24, 2.45) is 0 Å². The Balaban J connectivity index is 1.17. The molecule has 1 atom stereocenters. The first-order valence-electron chi connectivity index (χ1n) is 12.3. The number of carbonyl (C=O) groups excluding carboxylic acids is 3. The third kappa shape index (κ3) is 4.57. The Labute approximate surface area is 200 Å². The summed E-state index contributed by atoms with van der Waals surface area (Å²) in [5, 5.41) is 2.84. The number of carbonyl (C=O) groups is 3. The molecule has 5 rings (SSSR count). The van der Waals surface area contributed by atoms with Gasteiger partial charge < -0.3 is 15.1 Å². The molecule has 7 nitrogen and oxygen atoms in total. The Morgan fingerprint density at radius 1 is 0.971 bits per heavy atom. The lowest BCUT2D eigenvalue weighted by molar-refractivity contribution is -0.134. The Morgan fingerprint density at radius 3 is 2.53 bits per heavy atom. The normalized spacial score (nSPS) is 20.7. The largest absolute Gasteiger partial charge is 0.345 e. The van der Waals surface area contributed by atoms with Crippen LogP contribution in [0, 0.1) is 6.92 Å². The summed E-state index contributed by atoms with van der Waals surface area (Å²) in [6, 6.07) is 15.2. The van der Waals surface area contributed by atoms with Gasteiger partial charge in [-0.2, -0.15) is 0 Å². The van der Waals surface area contributed by atoms with Gasteiger partial charge in [-0.05, 0) is 48.9 Å². The van der Waals surface area contributed by atoms with E-state index in [0.717, 1.165) is 44.5 Å². The minimum atomic E-state index is -0.641. The lowest BCUT2D eigenvalue weighted by Crippen LogP contribution is -2.45. The fourth-order valence-corrected chi connectivity index (χ4v) is 5.11. The summed E-state index contributed by atoms with van der Waals surface area (Å²) >= 11 is 0. The van der Waals surface area contributed by atoms with Crippen molar-refractivity contribution in [3.63, 3.8) is 0 Å². The first kappa shape index (κ1) is 22.6. The molecule has 7 heteroatoms. The van der Waals surface area contributed by atoms with Crippen LogP contribution >= 0.6 is 0 Å². The molecule has 2 aromatic carbocycles. The minimum Gasteiger partial charge on any atom is -0.345 e. The number of nitrogens with one attached hydrogen (secondary N) is 1. The summed E-state index contributed by atoms with van der Waals surface area (Å²) in [5.74, 6) is -0.415. The number of aryl methyl sites for hydroxylation is 1. The molecule has 2 aliphatic heterocycles. The molecule has 2 heterocycles. The van der Waals surface area contributed by atoms with Gasteiger partial charge in [-0.1, -0.05) is 42.5 Å². The van der Waals surface area contributed by atoms with E-state index in [1.807, 2.05) is 23.1 Å². The molecule has 1 aliphatic carbocycles. The average Bonchev–Trinajstić information content (AvgIpc) is 3.66. The van der Waals surface area contributed by atoms with Gasteiger partial charge in [0.25, 0.3) is 5.91 Å². The van der Waals surface area contributed by atoms with Gasteiger partial charge in [-0.15, -0.1) is 0 Å².